The molecule has 154 valence electrons. The van der Waals surface area contributed by atoms with E-state index < -0.39 is 21.9 Å². The fourth-order valence-corrected chi connectivity index (χ4v) is 3.18. The van der Waals surface area contributed by atoms with Gasteiger partial charge in [-0.25, -0.2) is 13.2 Å². The van der Waals surface area contributed by atoms with Gasteiger partial charge in [0, 0.05) is 23.9 Å². The molecule has 2 rings (SSSR count). The summed E-state index contributed by atoms with van der Waals surface area (Å²) in [5.41, 5.74) is 0.445. The lowest BCUT2D eigenvalue weighted by Gasteiger charge is -2.09. The second-order valence-corrected chi connectivity index (χ2v) is 7.57. The van der Waals surface area contributed by atoms with E-state index in [2.05, 4.69) is 25.2 Å². The fourth-order valence-electron chi connectivity index (χ4n) is 1.98. The number of sulfonamides is 1. The van der Waals surface area contributed by atoms with Crippen molar-refractivity contribution in [3.63, 3.8) is 0 Å². The van der Waals surface area contributed by atoms with Crippen LogP contribution in [0.2, 0.25) is 0 Å². The normalized spacial score (nSPS) is 11.1. The fraction of sp³-hybridized carbons (Fsp3) is 0.176. The molecule has 0 saturated carbocycles. The van der Waals surface area contributed by atoms with E-state index in [1.807, 2.05) is 0 Å². The van der Waals surface area contributed by atoms with Gasteiger partial charge in [-0.2, -0.15) is 0 Å². The molecular formula is C17H18N4O6S2. The van der Waals surface area contributed by atoms with E-state index in [4.69, 9.17) is 16.7 Å². The number of rotatable bonds is 7. The number of benzene rings is 1. The lowest BCUT2D eigenvalue weighted by atomic mass is 10.3. The van der Waals surface area contributed by atoms with Crippen LogP contribution in [-0.4, -0.2) is 37.2 Å². The number of hydrogen-bond donors (Lipinski definition) is 3. The van der Waals surface area contributed by atoms with E-state index >= 15 is 0 Å². The number of thiocarbonyl (C=S) groups is 1. The third-order valence-electron chi connectivity index (χ3n) is 3.18. The van der Waals surface area contributed by atoms with E-state index in [1.54, 1.807) is 13.8 Å². The molecule has 0 aliphatic heterocycles. The van der Waals surface area contributed by atoms with Gasteiger partial charge < -0.3 is 14.6 Å². The first kappa shape index (κ1) is 22.0. The van der Waals surface area contributed by atoms with Crippen LogP contribution in [0.25, 0.3) is 0 Å². The van der Waals surface area contributed by atoms with Gasteiger partial charge in [0.15, 0.2) is 10.9 Å². The van der Waals surface area contributed by atoms with Crippen LogP contribution >= 0.6 is 12.2 Å². The first-order valence-electron chi connectivity index (χ1n) is 8.22. The third-order valence-corrected chi connectivity index (χ3v) is 4.76. The molecule has 2 aromatic rings. The van der Waals surface area contributed by atoms with Crippen LogP contribution < -0.4 is 15.4 Å². The van der Waals surface area contributed by atoms with Gasteiger partial charge >= 0.3 is 5.97 Å². The maximum atomic E-state index is 12.3. The third kappa shape index (κ3) is 7.01. The van der Waals surface area contributed by atoms with E-state index in [9.17, 15) is 18.0 Å². The van der Waals surface area contributed by atoms with Crippen LogP contribution in [0.4, 0.5) is 11.5 Å². The lowest BCUT2D eigenvalue weighted by molar-refractivity contribution is -0.137. The van der Waals surface area contributed by atoms with Gasteiger partial charge in [-0.1, -0.05) is 5.16 Å². The second kappa shape index (κ2) is 9.80. The van der Waals surface area contributed by atoms with Crippen LogP contribution in [0.5, 0.6) is 0 Å². The standard InChI is InChI=1S/C17H18N4O6S2/c1-3-26-16(23)9-8-15(22)19-17(28)18-12-4-6-13(7-5-12)29(24,25)21-14-10-11(2)27-20-14/h4-10H,3H2,1-2H3,(H,20,21)(H2,18,19,22,28)/b9-8+. The van der Waals surface area contributed by atoms with Gasteiger partial charge in [0.2, 0.25) is 5.91 Å². The van der Waals surface area contributed by atoms with Crippen LogP contribution in [0.3, 0.4) is 0 Å². The molecule has 1 aromatic carbocycles. The van der Waals surface area contributed by atoms with Crippen molar-refractivity contribution in [2.45, 2.75) is 18.7 Å². The molecular weight excluding hydrogens is 420 g/mol. The SMILES string of the molecule is CCOC(=O)/C=C/C(=O)NC(=S)Nc1ccc(S(=O)(=O)Nc2cc(C)on2)cc1. The van der Waals surface area contributed by atoms with Crippen molar-refractivity contribution >= 4 is 50.7 Å². The molecule has 0 saturated heterocycles. The molecule has 10 nitrogen and oxygen atoms in total. The molecule has 0 unspecified atom stereocenters. The summed E-state index contributed by atoms with van der Waals surface area (Å²) in [5.74, 6) is -0.728. The summed E-state index contributed by atoms with van der Waals surface area (Å²) in [7, 11) is -3.84. The van der Waals surface area contributed by atoms with Crippen molar-refractivity contribution in [2.75, 3.05) is 16.6 Å². The summed E-state index contributed by atoms with van der Waals surface area (Å²) in [6, 6.07) is 7.08. The predicted molar refractivity (Wildman–Crippen MR) is 109 cm³/mol. The van der Waals surface area contributed by atoms with E-state index in [1.165, 1.54) is 30.3 Å². The highest BCUT2D eigenvalue weighted by atomic mass is 32.2. The Labute approximate surface area is 172 Å². The van der Waals surface area contributed by atoms with Gasteiger partial charge in [0.1, 0.15) is 5.76 Å². The Morgan fingerprint density at radius 1 is 1.24 bits per heavy atom. The number of nitrogens with zero attached hydrogens (tertiary/aromatic N) is 1. The summed E-state index contributed by atoms with van der Waals surface area (Å²) in [5, 5.41) is 8.61. The van der Waals surface area contributed by atoms with Gasteiger partial charge in [-0.3, -0.25) is 14.8 Å². The molecule has 0 fully saturated rings. The number of aryl methyl sites for hydroxylation is 1. The minimum atomic E-state index is -3.84. The highest BCUT2D eigenvalue weighted by Gasteiger charge is 2.16. The molecule has 1 heterocycles. The number of amides is 1. The summed E-state index contributed by atoms with van der Waals surface area (Å²) < 4.78 is 36.4. The smallest absolute Gasteiger partial charge is 0.330 e. The first-order chi connectivity index (χ1) is 13.7. The summed E-state index contributed by atoms with van der Waals surface area (Å²) in [6.45, 7) is 3.48. The average Bonchev–Trinajstić information content (AvgIpc) is 3.04. The molecule has 1 amide bonds. The molecule has 0 bridgehead atoms. The van der Waals surface area contributed by atoms with E-state index in [0.717, 1.165) is 12.2 Å². The number of carbonyl (C=O) groups is 2. The predicted octanol–water partition coefficient (Wildman–Crippen LogP) is 1.72. The quantitative estimate of drug-likeness (QED) is 0.335. The highest BCUT2D eigenvalue weighted by Crippen LogP contribution is 2.18. The van der Waals surface area contributed by atoms with Crippen LogP contribution in [0.15, 0.2) is 51.9 Å². The molecule has 0 radical (unpaired) electrons. The molecule has 0 aliphatic carbocycles. The molecule has 0 atom stereocenters. The Balaban J connectivity index is 1.93. The number of hydrogen-bond acceptors (Lipinski definition) is 8. The molecule has 1 aromatic heterocycles. The summed E-state index contributed by atoms with van der Waals surface area (Å²) >= 11 is 5.00. The maximum Gasteiger partial charge on any atom is 0.330 e. The van der Waals surface area contributed by atoms with Gasteiger partial charge in [-0.15, -0.1) is 0 Å². The average molecular weight is 438 g/mol. The zero-order valence-corrected chi connectivity index (χ0v) is 17.1. The van der Waals surface area contributed by atoms with Gasteiger partial charge in [0.05, 0.1) is 11.5 Å². The number of ether oxygens (including phenoxy) is 1. The van der Waals surface area contributed by atoms with Crippen molar-refractivity contribution in [1.82, 2.24) is 10.5 Å². The van der Waals surface area contributed by atoms with Crippen molar-refractivity contribution in [3.05, 3.63) is 48.2 Å². The van der Waals surface area contributed by atoms with Crippen molar-refractivity contribution in [3.8, 4) is 0 Å². The number of carbonyl (C=O) groups excluding carboxylic acids is 2. The monoisotopic (exact) mass is 438 g/mol. The number of nitrogens with one attached hydrogen (secondary N) is 3. The number of aromatic nitrogens is 1. The minimum absolute atomic E-state index is 0.00368. The summed E-state index contributed by atoms with van der Waals surface area (Å²) in [4.78, 5) is 22.8. The van der Waals surface area contributed by atoms with Crippen molar-refractivity contribution in [1.29, 1.82) is 0 Å². The molecule has 12 heteroatoms. The zero-order valence-electron chi connectivity index (χ0n) is 15.5. The van der Waals surface area contributed by atoms with E-state index in [0.29, 0.717) is 11.4 Å². The highest BCUT2D eigenvalue weighted by molar-refractivity contribution is 7.92. The Morgan fingerprint density at radius 2 is 1.93 bits per heavy atom. The lowest BCUT2D eigenvalue weighted by Crippen LogP contribution is -2.33. The first-order valence-corrected chi connectivity index (χ1v) is 10.1. The Hall–Kier alpha value is -3.25. The van der Waals surface area contributed by atoms with Gasteiger partial charge in [0.25, 0.3) is 10.0 Å². The maximum absolute atomic E-state index is 12.3. The van der Waals surface area contributed by atoms with Crippen LogP contribution in [-0.2, 0) is 24.3 Å². The Kier molecular flexibility index (Phi) is 7.45. The minimum Gasteiger partial charge on any atom is -0.463 e. The Morgan fingerprint density at radius 3 is 2.52 bits per heavy atom. The van der Waals surface area contributed by atoms with Crippen LogP contribution in [0, 0.1) is 6.92 Å². The topological polar surface area (TPSA) is 140 Å². The molecule has 0 spiro atoms. The largest absolute Gasteiger partial charge is 0.463 e. The molecule has 3 N–H and O–H groups in total. The van der Waals surface area contributed by atoms with Crippen molar-refractivity contribution < 1.29 is 27.3 Å². The molecule has 29 heavy (non-hydrogen) atoms. The van der Waals surface area contributed by atoms with E-state index in [-0.39, 0.29) is 22.4 Å². The Bertz CT molecular complexity index is 1030. The van der Waals surface area contributed by atoms with Gasteiger partial charge in [-0.05, 0) is 50.3 Å². The number of anilines is 2. The van der Waals surface area contributed by atoms with Crippen LogP contribution in [0.1, 0.15) is 12.7 Å². The molecule has 0 aliphatic rings. The zero-order chi connectivity index (χ0) is 21.4. The second-order valence-electron chi connectivity index (χ2n) is 5.48. The summed E-state index contributed by atoms with van der Waals surface area (Å²) in [6.07, 6.45) is 1.96. The number of esters is 1. The van der Waals surface area contributed by atoms with Crippen molar-refractivity contribution in [2.24, 2.45) is 0 Å².